The summed E-state index contributed by atoms with van der Waals surface area (Å²) in [5.41, 5.74) is 0. The first-order valence-corrected chi connectivity index (χ1v) is 12.5. The van der Waals surface area contributed by atoms with Gasteiger partial charge in [0.05, 0.1) is 0 Å². The lowest BCUT2D eigenvalue weighted by molar-refractivity contribution is -0.139. The number of hydrogen-bond acceptors (Lipinski definition) is 8. The molecule has 0 aliphatic rings. The zero-order valence-electron chi connectivity index (χ0n) is 21.1. The summed E-state index contributed by atoms with van der Waals surface area (Å²) < 4.78 is 15.8. The van der Waals surface area contributed by atoms with Crippen LogP contribution in [0.1, 0.15) is 84.0 Å². The summed E-state index contributed by atoms with van der Waals surface area (Å²) in [5, 5.41) is 41.6. The number of aliphatic hydroxyl groups is 3. The summed E-state index contributed by atoms with van der Waals surface area (Å²) in [7, 11) is 0. The first kappa shape index (κ1) is 37.3. The van der Waals surface area contributed by atoms with Crippen molar-refractivity contribution in [1.29, 1.82) is 0 Å². The van der Waals surface area contributed by atoms with Gasteiger partial charge in [0.25, 0.3) is 0 Å². The molecule has 10 heteroatoms. The minimum absolute atomic E-state index is 0.0628. The van der Waals surface area contributed by atoms with Crippen LogP contribution in [0.2, 0.25) is 0 Å². The summed E-state index contributed by atoms with van der Waals surface area (Å²) >= 11 is 0. The van der Waals surface area contributed by atoms with E-state index in [1.54, 1.807) is 0 Å². The molecule has 0 aromatic rings. The van der Waals surface area contributed by atoms with Crippen molar-refractivity contribution in [2.45, 2.75) is 84.0 Å². The number of carboxylic acids is 2. The molecule has 0 saturated carbocycles. The van der Waals surface area contributed by atoms with E-state index in [4.69, 9.17) is 39.7 Å². The highest BCUT2D eigenvalue weighted by Crippen LogP contribution is 1.99. The zero-order chi connectivity index (χ0) is 26.1. The second-order valence-electron chi connectivity index (χ2n) is 7.42. The minimum atomic E-state index is -0.870. The van der Waals surface area contributed by atoms with Gasteiger partial charge in [-0.1, -0.05) is 0 Å². The molecule has 0 spiro atoms. The fourth-order valence-corrected chi connectivity index (χ4v) is 2.26. The standard InChI is InChI=1S/C10H22O3.C8H18O3.C6H10O4/c1-2-12-8-5-6-10-13-9-4-3-7-11;9-5-1-3-7-11-8-4-2-6-10;7-5(8)3-1-2-4-6(9)10/h11H,2-10H2,1H3;9-10H,1-8H2;1-4H2,(H,7,8)(H,9,10). The highest BCUT2D eigenvalue weighted by atomic mass is 16.5. The largest absolute Gasteiger partial charge is 0.481 e. The molecule has 0 rings (SSSR count). The van der Waals surface area contributed by atoms with Crippen LogP contribution in [0.15, 0.2) is 0 Å². The summed E-state index contributed by atoms with van der Waals surface area (Å²) in [6.45, 7) is 7.47. The second-order valence-corrected chi connectivity index (χ2v) is 7.42. The second kappa shape index (κ2) is 36.3. The van der Waals surface area contributed by atoms with Gasteiger partial charge in [-0.25, -0.2) is 0 Å². The van der Waals surface area contributed by atoms with E-state index < -0.39 is 11.9 Å². The number of aliphatic carboxylic acids is 2. The predicted molar refractivity (Wildman–Crippen MR) is 130 cm³/mol. The Morgan fingerprint density at radius 2 is 0.794 bits per heavy atom. The van der Waals surface area contributed by atoms with Crippen molar-refractivity contribution in [3.63, 3.8) is 0 Å². The molecule has 0 aromatic carbocycles. The van der Waals surface area contributed by atoms with E-state index in [9.17, 15) is 9.59 Å². The maximum atomic E-state index is 9.90. The van der Waals surface area contributed by atoms with Crippen LogP contribution >= 0.6 is 0 Å². The number of ether oxygens (including phenoxy) is 3. The first-order valence-electron chi connectivity index (χ1n) is 12.5. The maximum absolute atomic E-state index is 9.90. The van der Waals surface area contributed by atoms with E-state index in [0.29, 0.717) is 12.8 Å². The number of carboxylic acid groups (broad SMARTS) is 2. The van der Waals surface area contributed by atoms with Gasteiger partial charge in [-0.15, -0.1) is 0 Å². The maximum Gasteiger partial charge on any atom is 0.303 e. The highest BCUT2D eigenvalue weighted by Gasteiger charge is 1.99. The Kier molecular flexibility index (Phi) is 39.7. The molecule has 34 heavy (non-hydrogen) atoms. The van der Waals surface area contributed by atoms with Gasteiger partial charge in [0.15, 0.2) is 0 Å². The summed E-state index contributed by atoms with van der Waals surface area (Å²) in [6.07, 6.45) is 8.46. The number of hydrogen-bond donors (Lipinski definition) is 5. The third-order valence-corrected chi connectivity index (χ3v) is 4.15. The third-order valence-electron chi connectivity index (χ3n) is 4.15. The zero-order valence-corrected chi connectivity index (χ0v) is 21.1. The van der Waals surface area contributed by atoms with Crippen molar-refractivity contribution >= 4 is 11.9 Å². The van der Waals surface area contributed by atoms with E-state index >= 15 is 0 Å². The molecule has 0 aliphatic heterocycles. The number of rotatable bonds is 23. The number of carbonyl (C=O) groups is 2. The van der Waals surface area contributed by atoms with Crippen molar-refractivity contribution in [3.05, 3.63) is 0 Å². The van der Waals surface area contributed by atoms with Crippen LogP contribution in [0.4, 0.5) is 0 Å². The average Bonchev–Trinajstić information content (AvgIpc) is 2.81. The number of aliphatic hydroxyl groups excluding tert-OH is 3. The van der Waals surface area contributed by atoms with Crippen molar-refractivity contribution < 1.29 is 49.3 Å². The topological polar surface area (TPSA) is 163 Å². The van der Waals surface area contributed by atoms with Crippen LogP contribution in [0, 0.1) is 0 Å². The summed E-state index contributed by atoms with van der Waals surface area (Å²) in [6, 6.07) is 0. The Hall–Kier alpha value is -1.30. The van der Waals surface area contributed by atoms with Crippen LogP contribution in [0.3, 0.4) is 0 Å². The normalized spacial score (nSPS) is 10.1. The smallest absolute Gasteiger partial charge is 0.303 e. The molecule has 5 N–H and O–H groups in total. The van der Waals surface area contributed by atoms with E-state index in [2.05, 4.69) is 0 Å². The van der Waals surface area contributed by atoms with Gasteiger partial charge in [0.2, 0.25) is 0 Å². The van der Waals surface area contributed by atoms with E-state index in [1.165, 1.54) is 0 Å². The summed E-state index contributed by atoms with van der Waals surface area (Å²) in [5.74, 6) is -1.74. The monoisotopic (exact) mass is 498 g/mol. The predicted octanol–water partition coefficient (Wildman–Crippen LogP) is 2.86. The van der Waals surface area contributed by atoms with Gasteiger partial charge in [0, 0.05) is 72.3 Å². The van der Waals surface area contributed by atoms with Gasteiger partial charge >= 0.3 is 11.9 Å². The van der Waals surface area contributed by atoms with Crippen LogP contribution in [0.5, 0.6) is 0 Å². The number of unbranched alkanes of at least 4 members (excludes halogenated alkanes) is 5. The molecule has 0 heterocycles. The lowest BCUT2D eigenvalue weighted by Gasteiger charge is -2.03. The minimum Gasteiger partial charge on any atom is -0.481 e. The fourth-order valence-electron chi connectivity index (χ4n) is 2.26. The van der Waals surface area contributed by atoms with Gasteiger partial charge in [-0.05, 0) is 71.1 Å². The molecule has 0 saturated heterocycles. The molecule has 0 aromatic heterocycles. The lowest BCUT2D eigenvalue weighted by atomic mass is 10.2. The SMILES string of the molecule is CCOCCCCOCCCCO.O=C(O)CCCCC(=O)O.OCCCCOCCCCO. The molecule has 0 atom stereocenters. The fraction of sp³-hybridized carbons (Fsp3) is 0.917. The van der Waals surface area contributed by atoms with Gasteiger partial charge in [-0.2, -0.15) is 0 Å². The van der Waals surface area contributed by atoms with Crippen molar-refractivity contribution in [2.75, 3.05) is 59.5 Å². The van der Waals surface area contributed by atoms with E-state index in [0.717, 1.165) is 91.0 Å². The van der Waals surface area contributed by atoms with Crippen LogP contribution in [-0.2, 0) is 23.8 Å². The van der Waals surface area contributed by atoms with Gasteiger partial charge in [0.1, 0.15) is 0 Å². The molecule has 0 radical (unpaired) electrons. The van der Waals surface area contributed by atoms with E-state index in [-0.39, 0.29) is 32.7 Å². The Morgan fingerprint density at radius 1 is 0.500 bits per heavy atom. The lowest BCUT2D eigenvalue weighted by Crippen LogP contribution is -2.00. The highest BCUT2D eigenvalue weighted by molar-refractivity contribution is 5.67. The van der Waals surface area contributed by atoms with Gasteiger partial charge < -0.3 is 39.7 Å². The quantitative estimate of drug-likeness (QED) is 0.132. The average molecular weight is 499 g/mol. The van der Waals surface area contributed by atoms with Crippen molar-refractivity contribution in [3.8, 4) is 0 Å². The van der Waals surface area contributed by atoms with Crippen molar-refractivity contribution in [2.24, 2.45) is 0 Å². The molecule has 206 valence electrons. The van der Waals surface area contributed by atoms with E-state index in [1.807, 2.05) is 6.92 Å². The molecule has 0 fully saturated rings. The Bertz CT molecular complexity index is 360. The van der Waals surface area contributed by atoms with Crippen LogP contribution in [0.25, 0.3) is 0 Å². The molecule has 0 bridgehead atoms. The Balaban J connectivity index is -0.000000428. The Morgan fingerprint density at radius 3 is 1.06 bits per heavy atom. The van der Waals surface area contributed by atoms with Crippen LogP contribution in [-0.4, -0.2) is 96.9 Å². The Labute approximate surface area is 205 Å². The molecular weight excluding hydrogens is 448 g/mol. The first-order chi connectivity index (χ1) is 16.5. The van der Waals surface area contributed by atoms with Crippen molar-refractivity contribution in [1.82, 2.24) is 0 Å². The molecule has 0 unspecified atom stereocenters. The molecule has 0 aliphatic carbocycles. The van der Waals surface area contributed by atoms with Gasteiger partial charge in [-0.3, -0.25) is 9.59 Å². The molecule has 10 nitrogen and oxygen atoms in total. The third kappa shape index (κ3) is 48.2. The molecular formula is C24H50O10. The summed E-state index contributed by atoms with van der Waals surface area (Å²) in [4.78, 5) is 19.8. The molecule has 0 amide bonds. The van der Waals surface area contributed by atoms with Crippen LogP contribution < -0.4 is 0 Å².